The fraction of sp³-hybridized carbons (Fsp3) is 0.750. The van der Waals surface area contributed by atoms with Crippen molar-refractivity contribution in [3.63, 3.8) is 0 Å². The smallest absolute Gasteiger partial charge is 0.333 e. The molecular weight excluding hydrogens is 220 g/mol. The molecule has 0 amide bonds. The highest BCUT2D eigenvalue weighted by atomic mass is 28.2. The predicted molar refractivity (Wildman–Crippen MR) is 65.1 cm³/mol. The van der Waals surface area contributed by atoms with Gasteiger partial charge in [-0.3, -0.25) is 0 Å². The van der Waals surface area contributed by atoms with Gasteiger partial charge >= 0.3 is 5.97 Å². The fourth-order valence-corrected chi connectivity index (χ4v) is 1.33. The molecule has 1 unspecified atom stereocenters. The molecule has 91 valence electrons. The lowest BCUT2D eigenvalue weighted by atomic mass is 9.89. The molecule has 0 heterocycles. The molecule has 0 saturated heterocycles. The topological polar surface area (TPSA) is 35.5 Å². The van der Waals surface area contributed by atoms with E-state index in [-0.39, 0.29) is 11.6 Å². The van der Waals surface area contributed by atoms with Crippen LogP contribution in [0.15, 0.2) is 12.2 Å². The maximum Gasteiger partial charge on any atom is 0.333 e. The third kappa shape index (κ3) is 5.46. The molecule has 0 aliphatic heterocycles. The van der Waals surface area contributed by atoms with Crippen molar-refractivity contribution in [2.45, 2.75) is 46.1 Å². The molecule has 4 heteroatoms. The Balaban J connectivity index is 3.75. The summed E-state index contributed by atoms with van der Waals surface area (Å²) in [5.41, 5.74) is 0.229. The molecule has 0 spiro atoms. The molecule has 0 aromatic rings. The van der Waals surface area contributed by atoms with Gasteiger partial charge in [-0.25, -0.2) is 4.79 Å². The van der Waals surface area contributed by atoms with Crippen molar-refractivity contribution in [1.29, 1.82) is 0 Å². The molecule has 1 atom stereocenters. The van der Waals surface area contributed by atoms with E-state index in [4.69, 9.17) is 9.16 Å². The zero-order valence-corrected chi connectivity index (χ0v) is 11.6. The van der Waals surface area contributed by atoms with E-state index in [9.17, 15) is 4.79 Å². The Morgan fingerprint density at radius 3 is 2.50 bits per heavy atom. The number of carbonyl (C=O) groups is 1. The standard InChI is InChI=1S/C12H21O3Si/c1-9(2)11(13)14-8-6-7-10(3)12(4,5)15-16/h10H,1,6-8H2,2-5H3. The second kappa shape index (κ2) is 6.86. The van der Waals surface area contributed by atoms with Gasteiger partial charge in [-0.1, -0.05) is 13.5 Å². The lowest BCUT2D eigenvalue weighted by molar-refractivity contribution is -0.139. The van der Waals surface area contributed by atoms with Crippen LogP contribution in [-0.2, 0) is 14.0 Å². The maximum atomic E-state index is 11.1. The molecule has 0 rings (SSSR count). The average molecular weight is 241 g/mol. The van der Waals surface area contributed by atoms with Crippen molar-refractivity contribution in [3.8, 4) is 0 Å². The summed E-state index contributed by atoms with van der Waals surface area (Å²) < 4.78 is 10.2. The molecule has 3 nitrogen and oxygen atoms in total. The molecule has 0 N–H and O–H groups in total. The zero-order chi connectivity index (χ0) is 12.8. The SMILES string of the molecule is C=C(C)C(=O)OCCCC(C)C(C)(C)O[Si]. The van der Waals surface area contributed by atoms with Crippen molar-refractivity contribution in [2.75, 3.05) is 6.61 Å². The van der Waals surface area contributed by atoms with E-state index in [1.807, 2.05) is 13.8 Å². The number of hydrogen-bond donors (Lipinski definition) is 0. The first kappa shape index (κ1) is 15.4. The number of esters is 1. The van der Waals surface area contributed by atoms with Crippen molar-refractivity contribution >= 4 is 16.5 Å². The number of hydrogen-bond acceptors (Lipinski definition) is 3. The quantitative estimate of drug-likeness (QED) is 0.297. The van der Waals surface area contributed by atoms with Crippen LogP contribution in [0.25, 0.3) is 0 Å². The van der Waals surface area contributed by atoms with Crippen LogP contribution >= 0.6 is 0 Å². The third-order valence-electron chi connectivity index (χ3n) is 2.81. The van der Waals surface area contributed by atoms with Crippen LogP contribution in [0, 0.1) is 5.92 Å². The summed E-state index contributed by atoms with van der Waals surface area (Å²) in [5.74, 6) is 0.0665. The summed E-state index contributed by atoms with van der Waals surface area (Å²) in [7, 11) is 3.07. The van der Waals surface area contributed by atoms with Gasteiger partial charge in [0.2, 0.25) is 10.5 Å². The van der Waals surface area contributed by atoms with Gasteiger partial charge in [-0.2, -0.15) is 0 Å². The molecule has 0 aliphatic carbocycles. The summed E-state index contributed by atoms with van der Waals surface area (Å²) in [6, 6.07) is 0. The lowest BCUT2D eigenvalue weighted by Crippen LogP contribution is -2.32. The monoisotopic (exact) mass is 241 g/mol. The summed E-state index contributed by atoms with van der Waals surface area (Å²) in [4.78, 5) is 11.1. The normalized spacial score (nSPS) is 13.3. The Labute approximate surface area is 102 Å². The number of carbonyl (C=O) groups excluding carboxylic acids is 1. The van der Waals surface area contributed by atoms with E-state index >= 15 is 0 Å². The zero-order valence-electron chi connectivity index (χ0n) is 10.6. The highest BCUT2D eigenvalue weighted by Crippen LogP contribution is 2.23. The van der Waals surface area contributed by atoms with Crippen LogP contribution in [0.3, 0.4) is 0 Å². The van der Waals surface area contributed by atoms with Gasteiger partial charge in [0.05, 0.1) is 12.2 Å². The van der Waals surface area contributed by atoms with E-state index in [2.05, 4.69) is 24.0 Å². The summed E-state index contributed by atoms with van der Waals surface area (Å²) >= 11 is 0. The molecule has 0 aromatic heterocycles. The Morgan fingerprint density at radius 2 is 2.06 bits per heavy atom. The summed E-state index contributed by atoms with van der Waals surface area (Å²) in [6.45, 7) is 11.8. The first-order chi connectivity index (χ1) is 7.31. The van der Waals surface area contributed by atoms with Crippen molar-refractivity contribution < 1.29 is 14.0 Å². The largest absolute Gasteiger partial charge is 0.462 e. The van der Waals surface area contributed by atoms with Crippen LogP contribution in [0.1, 0.15) is 40.5 Å². The molecular formula is C12H21O3Si. The highest BCUT2D eigenvalue weighted by molar-refractivity contribution is 5.98. The van der Waals surface area contributed by atoms with Gasteiger partial charge in [0.15, 0.2) is 0 Å². The Hall–Kier alpha value is -0.613. The van der Waals surface area contributed by atoms with Crippen LogP contribution in [-0.4, -0.2) is 28.7 Å². The van der Waals surface area contributed by atoms with Crippen molar-refractivity contribution in [2.24, 2.45) is 5.92 Å². The molecule has 0 saturated carbocycles. The molecule has 0 aromatic carbocycles. The predicted octanol–water partition coefficient (Wildman–Crippen LogP) is 2.40. The van der Waals surface area contributed by atoms with Gasteiger partial charge in [0, 0.05) is 5.57 Å². The minimum atomic E-state index is -0.316. The fourth-order valence-electron chi connectivity index (χ4n) is 1.13. The Bertz CT molecular complexity index is 249. The molecule has 0 aliphatic rings. The van der Waals surface area contributed by atoms with E-state index in [0.29, 0.717) is 18.1 Å². The molecule has 0 fully saturated rings. The van der Waals surface area contributed by atoms with Crippen LogP contribution in [0.4, 0.5) is 0 Å². The van der Waals surface area contributed by atoms with Crippen molar-refractivity contribution in [3.05, 3.63) is 12.2 Å². The minimum absolute atomic E-state index is 0.213. The maximum absolute atomic E-state index is 11.1. The first-order valence-corrected chi connectivity index (χ1v) is 5.89. The van der Waals surface area contributed by atoms with E-state index in [1.54, 1.807) is 6.92 Å². The molecule has 0 bridgehead atoms. The average Bonchev–Trinajstić information content (AvgIpc) is 2.23. The Morgan fingerprint density at radius 1 is 1.50 bits per heavy atom. The minimum Gasteiger partial charge on any atom is -0.462 e. The Kier molecular flexibility index (Phi) is 6.60. The van der Waals surface area contributed by atoms with Crippen LogP contribution < -0.4 is 0 Å². The second-order valence-corrected chi connectivity index (χ2v) is 4.87. The third-order valence-corrected chi connectivity index (χ3v) is 3.34. The molecule has 16 heavy (non-hydrogen) atoms. The van der Waals surface area contributed by atoms with E-state index in [0.717, 1.165) is 12.8 Å². The first-order valence-electron chi connectivity index (χ1n) is 5.48. The summed E-state index contributed by atoms with van der Waals surface area (Å²) in [5, 5.41) is 0. The van der Waals surface area contributed by atoms with Gasteiger partial charge in [-0.15, -0.1) is 0 Å². The lowest BCUT2D eigenvalue weighted by Gasteiger charge is -2.30. The van der Waals surface area contributed by atoms with Crippen LogP contribution in [0.2, 0.25) is 0 Å². The van der Waals surface area contributed by atoms with Gasteiger partial charge < -0.3 is 9.16 Å². The van der Waals surface area contributed by atoms with Gasteiger partial charge in [-0.05, 0) is 39.5 Å². The molecule has 3 radical (unpaired) electrons. The highest BCUT2D eigenvalue weighted by Gasteiger charge is 2.24. The van der Waals surface area contributed by atoms with E-state index in [1.165, 1.54) is 0 Å². The number of rotatable bonds is 7. The van der Waals surface area contributed by atoms with E-state index < -0.39 is 0 Å². The van der Waals surface area contributed by atoms with Gasteiger partial charge in [0.1, 0.15) is 0 Å². The van der Waals surface area contributed by atoms with Crippen molar-refractivity contribution in [1.82, 2.24) is 0 Å². The number of ether oxygens (including phenoxy) is 1. The summed E-state index contributed by atoms with van der Waals surface area (Å²) in [6.07, 6.45) is 1.78. The second-order valence-electron chi connectivity index (χ2n) is 4.67. The van der Waals surface area contributed by atoms with Crippen LogP contribution in [0.5, 0.6) is 0 Å². The van der Waals surface area contributed by atoms with Gasteiger partial charge in [0.25, 0.3) is 0 Å².